The number of hydrogen-bond donors (Lipinski definition) is 1. The number of rotatable bonds is 2. The summed E-state index contributed by atoms with van der Waals surface area (Å²) < 4.78 is 0. The maximum Gasteiger partial charge on any atom is 0.336 e. The van der Waals surface area contributed by atoms with Gasteiger partial charge in [0, 0.05) is 20.7 Å². The van der Waals surface area contributed by atoms with E-state index in [0.717, 1.165) is 16.0 Å². The standard InChI is InChI=1S/C17H14ClNO2S/c1-8-4-5-13(18)15-12(17(20)21)7-14(19-16(8)15)11-6-9(2)22-10(11)3/h4-7H,1-3H3,(H,20,21). The Labute approximate surface area is 137 Å². The first-order valence-corrected chi connectivity index (χ1v) is 7.98. The SMILES string of the molecule is Cc1cc(-c2cc(C(=O)O)c3c(Cl)ccc(C)c3n2)c(C)s1. The number of carboxylic acid groups (broad SMARTS) is 1. The van der Waals surface area contributed by atoms with E-state index in [2.05, 4.69) is 4.98 Å². The molecule has 1 N–H and O–H groups in total. The highest BCUT2D eigenvalue weighted by atomic mass is 35.5. The van der Waals surface area contributed by atoms with Crippen molar-refractivity contribution in [3.05, 3.63) is 50.2 Å². The summed E-state index contributed by atoms with van der Waals surface area (Å²) in [7, 11) is 0. The van der Waals surface area contributed by atoms with Crippen molar-refractivity contribution in [2.24, 2.45) is 0 Å². The minimum Gasteiger partial charge on any atom is -0.478 e. The van der Waals surface area contributed by atoms with Gasteiger partial charge in [0.1, 0.15) is 0 Å². The summed E-state index contributed by atoms with van der Waals surface area (Å²) in [5.41, 5.74) is 3.40. The van der Waals surface area contributed by atoms with Crippen LogP contribution in [-0.4, -0.2) is 16.1 Å². The van der Waals surface area contributed by atoms with E-state index in [-0.39, 0.29) is 5.56 Å². The number of benzene rings is 1. The first kappa shape index (κ1) is 15.0. The van der Waals surface area contributed by atoms with Gasteiger partial charge in [0.25, 0.3) is 0 Å². The van der Waals surface area contributed by atoms with Crippen LogP contribution in [0, 0.1) is 20.8 Å². The molecule has 2 aromatic heterocycles. The zero-order valence-electron chi connectivity index (χ0n) is 12.4. The Bertz CT molecular complexity index is 915. The normalized spacial score (nSPS) is 11.1. The molecule has 3 aromatic rings. The van der Waals surface area contributed by atoms with Crippen LogP contribution in [0.15, 0.2) is 24.3 Å². The molecule has 5 heteroatoms. The first-order chi connectivity index (χ1) is 10.4. The number of carbonyl (C=O) groups is 1. The first-order valence-electron chi connectivity index (χ1n) is 6.79. The van der Waals surface area contributed by atoms with Gasteiger partial charge < -0.3 is 5.11 Å². The quantitative estimate of drug-likeness (QED) is 0.698. The van der Waals surface area contributed by atoms with Gasteiger partial charge in [-0.1, -0.05) is 17.7 Å². The van der Waals surface area contributed by atoms with E-state index in [1.54, 1.807) is 23.5 Å². The van der Waals surface area contributed by atoms with Gasteiger partial charge >= 0.3 is 5.97 Å². The van der Waals surface area contributed by atoms with Crippen LogP contribution >= 0.6 is 22.9 Å². The molecule has 1 aromatic carbocycles. The minimum atomic E-state index is -0.995. The van der Waals surface area contributed by atoms with Gasteiger partial charge in [0.05, 0.1) is 21.8 Å². The number of fused-ring (bicyclic) bond motifs is 1. The highest BCUT2D eigenvalue weighted by Gasteiger charge is 2.18. The molecule has 0 aliphatic heterocycles. The van der Waals surface area contributed by atoms with Crippen LogP contribution in [0.25, 0.3) is 22.2 Å². The molecule has 0 fully saturated rings. The predicted octanol–water partition coefficient (Wildman–Crippen LogP) is 5.24. The van der Waals surface area contributed by atoms with Gasteiger partial charge in [-0.3, -0.25) is 0 Å². The number of carboxylic acids is 1. The second kappa shape index (κ2) is 5.38. The van der Waals surface area contributed by atoms with E-state index < -0.39 is 5.97 Å². The Morgan fingerprint density at radius 3 is 2.55 bits per heavy atom. The number of aromatic nitrogens is 1. The fourth-order valence-corrected chi connectivity index (χ4v) is 3.81. The average molecular weight is 332 g/mol. The molecule has 2 heterocycles. The second-order valence-corrected chi connectivity index (χ2v) is 7.14. The van der Waals surface area contributed by atoms with Crippen LogP contribution in [0.1, 0.15) is 25.7 Å². The van der Waals surface area contributed by atoms with Gasteiger partial charge in [-0.25, -0.2) is 9.78 Å². The van der Waals surface area contributed by atoms with Crippen molar-refractivity contribution in [1.82, 2.24) is 4.98 Å². The van der Waals surface area contributed by atoms with Crippen molar-refractivity contribution in [2.75, 3.05) is 0 Å². The maximum atomic E-state index is 11.7. The molecule has 0 spiro atoms. The number of nitrogens with zero attached hydrogens (tertiary/aromatic N) is 1. The highest BCUT2D eigenvalue weighted by molar-refractivity contribution is 7.12. The van der Waals surface area contributed by atoms with E-state index in [9.17, 15) is 9.90 Å². The zero-order chi connectivity index (χ0) is 16.0. The summed E-state index contributed by atoms with van der Waals surface area (Å²) in [4.78, 5) is 18.7. The smallest absolute Gasteiger partial charge is 0.336 e. The molecule has 0 bridgehead atoms. The average Bonchev–Trinajstić information content (AvgIpc) is 2.80. The van der Waals surface area contributed by atoms with Gasteiger partial charge in [-0.2, -0.15) is 0 Å². The van der Waals surface area contributed by atoms with Crippen molar-refractivity contribution in [2.45, 2.75) is 20.8 Å². The second-order valence-electron chi connectivity index (χ2n) is 5.28. The lowest BCUT2D eigenvalue weighted by Crippen LogP contribution is -2.01. The lowest BCUT2D eigenvalue weighted by molar-refractivity contribution is 0.0699. The van der Waals surface area contributed by atoms with Gasteiger partial charge in [-0.15, -0.1) is 11.3 Å². The van der Waals surface area contributed by atoms with Crippen LogP contribution in [0.2, 0.25) is 5.02 Å². The van der Waals surface area contributed by atoms with Crippen LogP contribution in [0.3, 0.4) is 0 Å². The van der Waals surface area contributed by atoms with Crippen molar-refractivity contribution >= 4 is 39.8 Å². The van der Waals surface area contributed by atoms with Crippen molar-refractivity contribution in [1.29, 1.82) is 0 Å². The molecule has 0 aliphatic carbocycles. The van der Waals surface area contributed by atoms with E-state index in [1.807, 2.05) is 32.9 Å². The largest absolute Gasteiger partial charge is 0.478 e. The van der Waals surface area contributed by atoms with Crippen LogP contribution in [0.5, 0.6) is 0 Å². The lowest BCUT2D eigenvalue weighted by atomic mass is 10.0. The minimum absolute atomic E-state index is 0.192. The molecule has 0 unspecified atom stereocenters. The number of halogens is 1. The third-order valence-corrected chi connectivity index (χ3v) is 4.94. The van der Waals surface area contributed by atoms with E-state index in [1.165, 1.54) is 4.88 Å². The number of hydrogen-bond acceptors (Lipinski definition) is 3. The molecular formula is C17H14ClNO2S. The third kappa shape index (κ3) is 2.38. The molecule has 0 amide bonds. The summed E-state index contributed by atoms with van der Waals surface area (Å²) in [6, 6.07) is 7.23. The lowest BCUT2D eigenvalue weighted by Gasteiger charge is -2.10. The molecule has 0 saturated carbocycles. The fraction of sp³-hybridized carbons (Fsp3) is 0.176. The number of aryl methyl sites for hydroxylation is 3. The summed E-state index contributed by atoms with van der Waals surface area (Å²) in [5, 5.41) is 10.5. The molecule has 3 nitrogen and oxygen atoms in total. The summed E-state index contributed by atoms with van der Waals surface area (Å²) in [6.07, 6.45) is 0. The Hall–Kier alpha value is -1.91. The Morgan fingerprint density at radius 1 is 1.23 bits per heavy atom. The zero-order valence-corrected chi connectivity index (χ0v) is 14.0. The molecule has 22 heavy (non-hydrogen) atoms. The molecule has 3 rings (SSSR count). The van der Waals surface area contributed by atoms with E-state index in [4.69, 9.17) is 11.6 Å². The Balaban J connectivity index is 2.42. The monoisotopic (exact) mass is 331 g/mol. The van der Waals surface area contributed by atoms with E-state index >= 15 is 0 Å². The topological polar surface area (TPSA) is 50.2 Å². The summed E-state index contributed by atoms with van der Waals surface area (Å²) in [6.45, 7) is 5.96. The van der Waals surface area contributed by atoms with Crippen molar-refractivity contribution in [3.63, 3.8) is 0 Å². The molecular weight excluding hydrogens is 318 g/mol. The Kier molecular flexibility index (Phi) is 3.67. The van der Waals surface area contributed by atoms with Crippen molar-refractivity contribution < 1.29 is 9.90 Å². The number of thiophene rings is 1. The number of aromatic carboxylic acids is 1. The van der Waals surface area contributed by atoms with Gasteiger partial charge in [0.2, 0.25) is 0 Å². The van der Waals surface area contributed by atoms with Crippen LogP contribution in [-0.2, 0) is 0 Å². The molecule has 112 valence electrons. The third-order valence-electron chi connectivity index (χ3n) is 3.66. The highest BCUT2D eigenvalue weighted by Crippen LogP contribution is 2.35. The fourth-order valence-electron chi connectivity index (χ4n) is 2.62. The van der Waals surface area contributed by atoms with E-state index in [0.29, 0.717) is 21.6 Å². The van der Waals surface area contributed by atoms with Gasteiger partial charge in [0.15, 0.2) is 0 Å². The molecule has 0 saturated heterocycles. The Morgan fingerprint density at radius 2 is 1.95 bits per heavy atom. The molecule has 0 atom stereocenters. The summed E-state index contributed by atoms with van der Waals surface area (Å²) in [5.74, 6) is -0.995. The predicted molar refractivity (Wildman–Crippen MR) is 91.2 cm³/mol. The van der Waals surface area contributed by atoms with Crippen LogP contribution < -0.4 is 0 Å². The summed E-state index contributed by atoms with van der Waals surface area (Å²) >= 11 is 7.89. The molecule has 0 radical (unpaired) electrons. The maximum absolute atomic E-state index is 11.7. The van der Waals surface area contributed by atoms with Gasteiger partial charge in [-0.05, 0) is 44.5 Å². The molecule has 0 aliphatic rings. The van der Waals surface area contributed by atoms with Crippen LogP contribution in [0.4, 0.5) is 0 Å². The number of pyridine rings is 1. The van der Waals surface area contributed by atoms with Crippen molar-refractivity contribution in [3.8, 4) is 11.3 Å².